The SMILES string of the molecule is Cc1c(CN2CCC(Nc3ncnc4sc(CC(F)(F)F)cc34)CC2)ccc2c1cc(C#N)n2CCN1CCC2(CCN(S(C)(=O)=O)C2)C1. The maximum absolute atomic E-state index is 13.0. The van der Waals surface area contributed by atoms with Crippen molar-refractivity contribution in [3.8, 4) is 6.07 Å². The number of rotatable bonds is 9. The fourth-order valence-electron chi connectivity index (χ4n) is 7.97. The molecule has 4 aromatic rings. The van der Waals surface area contributed by atoms with Crippen molar-refractivity contribution in [3.05, 3.63) is 52.3 Å². The fourth-order valence-corrected chi connectivity index (χ4v) is 9.93. The number of aromatic nitrogens is 3. The highest BCUT2D eigenvalue weighted by atomic mass is 32.2. The summed E-state index contributed by atoms with van der Waals surface area (Å²) >= 11 is 1.06. The Bertz CT molecular complexity index is 2010. The molecule has 3 aromatic heterocycles. The number of nitrogens with zero attached hydrogens (tertiary/aromatic N) is 7. The number of nitrogens with one attached hydrogen (secondary N) is 1. The zero-order chi connectivity index (χ0) is 34.6. The molecule has 10 nitrogen and oxygen atoms in total. The predicted octanol–water partition coefficient (Wildman–Crippen LogP) is 5.36. The lowest BCUT2D eigenvalue weighted by molar-refractivity contribution is -0.126. The van der Waals surface area contributed by atoms with Gasteiger partial charge < -0.3 is 14.8 Å². The summed E-state index contributed by atoms with van der Waals surface area (Å²) in [5, 5.41) is 15.2. The monoisotopic (exact) mass is 714 g/mol. The molecule has 0 amide bonds. The van der Waals surface area contributed by atoms with E-state index in [1.807, 2.05) is 6.07 Å². The largest absolute Gasteiger partial charge is 0.393 e. The molecule has 3 aliphatic rings. The molecule has 3 fully saturated rings. The lowest BCUT2D eigenvalue weighted by Crippen LogP contribution is -2.39. The van der Waals surface area contributed by atoms with Crippen LogP contribution in [0.25, 0.3) is 21.1 Å². The Morgan fingerprint density at radius 3 is 2.53 bits per heavy atom. The molecule has 0 aliphatic carbocycles. The number of piperidine rings is 1. The number of halogens is 3. The number of likely N-dealkylation sites (tertiary alicyclic amines) is 2. The van der Waals surface area contributed by atoms with Gasteiger partial charge in [0, 0.05) is 74.2 Å². The Labute approximate surface area is 288 Å². The van der Waals surface area contributed by atoms with Gasteiger partial charge in [-0.1, -0.05) is 6.07 Å². The summed E-state index contributed by atoms with van der Waals surface area (Å²) in [7, 11) is -3.17. The third-order valence-electron chi connectivity index (χ3n) is 10.7. The summed E-state index contributed by atoms with van der Waals surface area (Å²) < 4.78 is 66.8. The number of alkyl halides is 3. The molecule has 1 aromatic carbocycles. The van der Waals surface area contributed by atoms with Gasteiger partial charge in [0.1, 0.15) is 28.7 Å². The first kappa shape index (κ1) is 34.2. The Balaban J connectivity index is 0.963. The minimum Gasteiger partial charge on any atom is -0.367 e. The van der Waals surface area contributed by atoms with Crippen molar-refractivity contribution >= 4 is 48.3 Å². The smallest absolute Gasteiger partial charge is 0.367 e. The molecule has 49 heavy (non-hydrogen) atoms. The number of fused-ring (bicyclic) bond motifs is 2. The molecule has 0 radical (unpaired) electrons. The van der Waals surface area contributed by atoms with Gasteiger partial charge in [0.25, 0.3) is 0 Å². The van der Waals surface area contributed by atoms with Crippen LogP contribution in [0.5, 0.6) is 0 Å². The standard InChI is InChI=1S/C34H41F3N8O2S2/c1-23-24(19-42-9-5-25(6-10-42)41-31-29-16-27(17-34(35,36)37)48-32(29)40-22-39-31)3-4-30-28(23)15-26(18-38)45(30)14-13-43-11-7-33(20-43)8-12-44(21-33)49(2,46)47/h3-4,15-16,22,25H,5-14,17,19-21H2,1-2H3,(H,39,40,41). The summed E-state index contributed by atoms with van der Waals surface area (Å²) in [4.78, 5) is 14.2. The van der Waals surface area contributed by atoms with Crippen molar-refractivity contribution in [2.45, 2.75) is 64.3 Å². The maximum Gasteiger partial charge on any atom is 0.393 e. The van der Waals surface area contributed by atoms with E-state index in [2.05, 4.69) is 54.8 Å². The van der Waals surface area contributed by atoms with E-state index in [4.69, 9.17) is 0 Å². The molecule has 0 saturated carbocycles. The van der Waals surface area contributed by atoms with Crippen molar-refractivity contribution in [1.82, 2.24) is 28.6 Å². The van der Waals surface area contributed by atoms with E-state index < -0.39 is 22.6 Å². The van der Waals surface area contributed by atoms with Gasteiger partial charge in [0.15, 0.2) is 0 Å². The Morgan fingerprint density at radius 2 is 1.82 bits per heavy atom. The van der Waals surface area contributed by atoms with Crippen LogP contribution in [0.1, 0.15) is 47.4 Å². The topological polar surface area (TPSA) is 110 Å². The highest BCUT2D eigenvalue weighted by Crippen LogP contribution is 2.40. The second-order valence-electron chi connectivity index (χ2n) is 14.1. The molecular weight excluding hydrogens is 674 g/mol. The lowest BCUT2D eigenvalue weighted by Gasteiger charge is -2.33. The first-order chi connectivity index (χ1) is 23.3. The van der Waals surface area contributed by atoms with E-state index in [9.17, 15) is 26.9 Å². The average Bonchev–Trinajstić information content (AvgIpc) is 3.83. The van der Waals surface area contributed by atoms with Crippen molar-refractivity contribution in [2.75, 3.05) is 57.4 Å². The van der Waals surface area contributed by atoms with E-state index in [0.29, 0.717) is 41.4 Å². The average molecular weight is 715 g/mol. The number of benzene rings is 1. The van der Waals surface area contributed by atoms with Crippen LogP contribution in [0, 0.1) is 23.7 Å². The van der Waals surface area contributed by atoms with Gasteiger partial charge in [-0.05, 0) is 73.9 Å². The zero-order valence-electron chi connectivity index (χ0n) is 27.8. The molecule has 262 valence electrons. The first-order valence-electron chi connectivity index (χ1n) is 16.8. The lowest BCUT2D eigenvalue weighted by atomic mass is 9.87. The minimum atomic E-state index is -4.26. The van der Waals surface area contributed by atoms with E-state index in [-0.39, 0.29) is 16.3 Å². The second-order valence-corrected chi connectivity index (χ2v) is 17.2. The molecule has 1 N–H and O–H groups in total. The molecular formula is C34H41F3N8O2S2. The maximum atomic E-state index is 13.0. The molecule has 15 heteroatoms. The van der Waals surface area contributed by atoms with Crippen molar-refractivity contribution in [1.29, 1.82) is 5.26 Å². The number of thiophene rings is 1. The van der Waals surface area contributed by atoms with E-state index in [0.717, 1.165) is 87.2 Å². The fraction of sp³-hybridized carbons (Fsp3) is 0.559. The molecule has 7 rings (SSSR count). The molecule has 6 heterocycles. The predicted molar refractivity (Wildman–Crippen MR) is 185 cm³/mol. The van der Waals surface area contributed by atoms with Crippen molar-refractivity contribution in [3.63, 3.8) is 0 Å². The van der Waals surface area contributed by atoms with Crippen LogP contribution in [0.4, 0.5) is 19.0 Å². The first-order valence-corrected chi connectivity index (χ1v) is 19.4. The van der Waals surface area contributed by atoms with E-state index >= 15 is 0 Å². The Kier molecular flexibility index (Phi) is 9.15. The van der Waals surface area contributed by atoms with Crippen molar-refractivity contribution < 1.29 is 21.6 Å². The molecule has 1 unspecified atom stereocenters. The molecule has 0 bridgehead atoms. The Hall–Kier alpha value is -3.29. The molecule has 1 spiro atoms. The third kappa shape index (κ3) is 7.30. The van der Waals surface area contributed by atoms with Gasteiger partial charge in [-0.2, -0.15) is 18.4 Å². The molecule has 3 aliphatic heterocycles. The number of nitriles is 1. The van der Waals surface area contributed by atoms with Crippen LogP contribution in [0.2, 0.25) is 0 Å². The van der Waals surface area contributed by atoms with Crippen LogP contribution in [-0.4, -0.2) is 101 Å². The summed E-state index contributed by atoms with van der Waals surface area (Å²) in [5.41, 5.74) is 4.14. The quantitative estimate of drug-likeness (QED) is 0.247. The molecule has 3 saturated heterocycles. The van der Waals surface area contributed by atoms with Gasteiger partial charge in [0.05, 0.1) is 18.1 Å². The number of aryl methyl sites for hydroxylation is 1. The van der Waals surface area contributed by atoms with Crippen LogP contribution in [-0.2, 0) is 29.5 Å². The van der Waals surface area contributed by atoms with Crippen LogP contribution in [0.15, 0.2) is 30.6 Å². The van der Waals surface area contributed by atoms with Crippen LogP contribution < -0.4 is 5.32 Å². The van der Waals surface area contributed by atoms with Gasteiger partial charge >= 0.3 is 6.18 Å². The molecule has 1 atom stereocenters. The highest BCUT2D eigenvalue weighted by Gasteiger charge is 2.45. The number of anilines is 1. The van der Waals surface area contributed by atoms with Crippen LogP contribution in [0.3, 0.4) is 0 Å². The third-order valence-corrected chi connectivity index (χ3v) is 13.0. The van der Waals surface area contributed by atoms with Gasteiger partial charge in [-0.15, -0.1) is 11.3 Å². The van der Waals surface area contributed by atoms with Crippen molar-refractivity contribution in [2.24, 2.45) is 5.41 Å². The van der Waals surface area contributed by atoms with E-state index in [1.165, 1.54) is 23.7 Å². The Morgan fingerprint density at radius 1 is 1.04 bits per heavy atom. The summed E-state index contributed by atoms with van der Waals surface area (Å²) in [6, 6.07) is 10.4. The zero-order valence-corrected chi connectivity index (χ0v) is 29.4. The number of hydrogen-bond acceptors (Lipinski definition) is 9. The summed E-state index contributed by atoms with van der Waals surface area (Å²) in [6.07, 6.45) is 1.14. The summed E-state index contributed by atoms with van der Waals surface area (Å²) in [6.45, 7) is 9.20. The van der Waals surface area contributed by atoms with Gasteiger partial charge in [0.2, 0.25) is 10.0 Å². The summed E-state index contributed by atoms with van der Waals surface area (Å²) in [5.74, 6) is 0.591. The number of hydrogen-bond donors (Lipinski definition) is 1. The number of sulfonamides is 1. The van der Waals surface area contributed by atoms with E-state index in [1.54, 1.807) is 10.4 Å². The van der Waals surface area contributed by atoms with Gasteiger partial charge in [-0.25, -0.2) is 22.7 Å². The normalized spacial score (nSPS) is 21.8. The second kappa shape index (κ2) is 13.1. The van der Waals surface area contributed by atoms with Gasteiger partial charge in [-0.3, -0.25) is 4.90 Å². The highest BCUT2D eigenvalue weighted by molar-refractivity contribution is 7.88. The minimum absolute atomic E-state index is 0.0338. The van der Waals surface area contributed by atoms with Crippen LogP contribution >= 0.6 is 11.3 Å².